The van der Waals surface area contributed by atoms with Gasteiger partial charge in [-0.05, 0) is 25.3 Å². The highest BCUT2D eigenvalue weighted by Gasteiger charge is 2.12. The van der Waals surface area contributed by atoms with E-state index in [1.807, 2.05) is 4.68 Å². The predicted molar refractivity (Wildman–Crippen MR) is 75.7 cm³/mol. The molecular weight excluding hydrogens is 222 g/mol. The molecule has 2 N–H and O–H groups in total. The van der Waals surface area contributed by atoms with Crippen molar-refractivity contribution in [3.8, 4) is 0 Å². The minimum Gasteiger partial charge on any atom is -0.396 e. The zero-order valence-electron chi connectivity index (χ0n) is 11.4. The number of hydrogen-bond donors (Lipinski definition) is 1. The maximum absolute atomic E-state index is 6.13. The Bertz CT molecular complexity index is 541. The van der Waals surface area contributed by atoms with Crippen molar-refractivity contribution in [2.75, 3.05) is 5.73 Å². The van der Waals surface area contributed by atoms with E-state index in [1.54, 1.807) is 0 Å². The Kier molecular flexibility index (Phi) is 3.70. The first-order valence-corrected chi connectivity index (χ1v) is 6.55. The number of rotatable bonds is 4. The molecule has 0 saturated heterocycles. The molecule has 0 aliphatic heterocycles. The van der Waals surface area contributed by atoms with Gasteiger partial charge in [0.05, 0.1) is 23.6 Å². The lowest BCUT2D eigenvalue weighted by atomic mass is 10.1. The number of hydrogen-bond acceptors (Lipinski definition) is 2. The standard InChI is InChI=1S/C15H21N3/c1-4-13-15(16)14(5-2)18(17-13)10-12-8-6-7-11(3)9-12/h6-9H,4-5,10,16H2,1-3H3. The molecule has 2 aromatic rings. The van der Waals surface area contributed by atoms with Crippen LogP contribution in [0.25, 0.3) is 0 Å². The number of nitrogens with two attached hydrogens (primary N) is 1. The molecule has 0 radical (unpaired) electrons. The molecule has 0 aliphatic rings. The molecule has 0 fully saturated rings. The molecule has 0 aliphatic carbocycles. The molecular formula is C15H21N3. The lowest BCUT2D eigenvalue weighted by Crippen LogP contribution is -2.06. The molecule has 2 rings (SSSR count). The maximum atomic E-state index is 6.13. The summed E-state index contributed by atoms with van der Waals surface area (Å²) < 4.78 is 2.04. The first-order chi connectivity index (χ1) is 8.65. The van der Waals surface area contributed by atoms with Gasteiger partial charge in [0, 0.05) is 0 Å². The van der Waals surface area contributed by atoms with Gasteiger partial charge in [-0.2, -0.15) is 5.10 Å². The number of aromatic nitrogens is 2. The Balaban J connectivity index is 2.34. The molecule has 0 amide bonds. The normalized spacial score (nSPS) is 10.8. The number of aryl methyl sites for hydroxylation is 2. The van der Waals surface area contributed by atoms with E-state index in [9.17, 15) is 0 Å². The van der Waals surface area contributed by atoms with Gasteiger partial charge in [0.2, 0.25) is 0 Å². The fourth-order valence-corrected chi connectivity index (χ4v) is 2.31. The van der Waals surface area contributed by atoms with E-state index in [1.165, 1.54) is 11.1 Å². The summed E-state index contributed by atoms with van der Waals surface area (Å²) in [6, 6.07) is 8.53. The summed E-state index contributed by atoms with van der Waals surface area (Å²) in [6.07, 6.45) is 1.81. The second-order valence-corrected chi connectivity index (χ2v) is 4.66. The average molecular weight is 243 g/mol. The average Bonchev–Trinajstić information content (AvgIpc) is 2.65. The molecule has 0 atom stereocenters. The van der Waals surface area contributed by atoms with Crippen LogP contribution in [0.3, 0.4) is 0 Å². The number of benzene rings is 1. The Hall–Kier alpha value is -1.77. The highest BCUT2D eigenvalue weighted by Crippen LogP contribution is 2.19. The van der Waals surface area contributed by atoms with Crippen LogP contribution in [0.15, 0.2) is 24.3 Å². The quantitative estimate of drug-likeness (QED) is 0.897. The van der Waals surface area contributed by atoms with E-state index in [4.69, 9.17) is 5.73 Å². The largest absolute Gasteiger partial charge is 0.396 e. The summed E-state index contributed by atoms with van der Waals surface area (Å²) in [4.78, 5) is 0. The smallest absolute Gasteiger partial charge is 0.0854 e. The summed E-state index contributed by atoms with van der Waals surface area (Å²) >= 11 is 0. The van der Waals surface area contributed by atoms with Gasteiger partial charge in [0.1, 0.15) is 0 Å². The highest BCUT2D eigenvalue weighted by atomic mass is 15.3. The van der Waals surface area contributed by atoms with Gasteiger partial charge in [-0.25, -0.2) is 0 Å². The molecule has 3 nitrogen and oxygen atoms in total. The fraction of sp³-hybridized carbons (Fsp3) is 0.400. The van der Waals surface area contributed by atoms with Gasteiger partial charge in [-0.3, -0.25) is 4.68 Å². The van der Waals surface area contributed by atoms with Gasteiger partial charge < -0.3 is 5.73 Å². The minimum absolute atomic E-state index is 0.801. The topological polar surface area (TPSA) is 43.8 Å². The summed E-state index contributed by atoms with van der Waals surface area (Å²) in [5.41, 5.74) is 11.7. The van der Waals surface area contributed by atoms with Crippen LogP contribution in [-0.2, 0) is 19.4 Å². The van der Waals surface area contributed by atoms with Gasteiger partial charge >= 0.3 is 0 Å². The van der Waals surface area contributed by atoms with Gasteiger partial charge in [-0.15, -0.1) is 0 Å². The lowest BCUT2D eigenvalue weighted by molar-refractivity contribution is 0.640. The van der Waals surface area contributed by atoms with Gasteiger partial charge in [0.15, 0.2) is 0 Å². The number of nitrogen functional groups attached to an aromatic ring is 1. The van der Waals surface area contributed by atoms with E-state index in [0.29, 0.717) is 0 Å². The van der Waals surface area contributed by atoms with E-state index >= 15 is 0 Å². The van der Waals surface area contributed by atoms with Crippen molar-refractivity contribution >= 4 is 5.69 Å². The SMILES string of the molecule is CCc1nn(Cc2cccc(C)c2)c(CC)c1N. The fourth-order valence-electron chi connectivity index (χ4n) is 2.31. The van der Waals surface area contributed by atoms with Crippen LogP contribution in [0.1, 0.15) is 36.4 Å². The van der Waals surface area contributed by atoms with E-state index < -0.39 is 0 Å². The van der Waals surface area contributed by atoms with Crippen LogP contribution >= 0.6 is 0 Å². The van der Waals surface area contributed by atoms with E-state index in [-0.39, 0.29) is 0 Å². The van der Waals surface area contributed by atoms with E-state index in [0.717, 1.165) is 36.5 Å². The van der Waals surface area contributed by atoms with Gasteiger partial charge in [-0.1, -0.05) is 43.7 Å². The maximum Gasteiger partial charge on any atom is 0.0854 e. The molecule has 3 heteroatoms. The lowest BCUT2D eigenvalue weighted by Gasteiger charge is -2.07. The minimum atomic E-state index is 0.801. The van der Waals surface area contributed by atoms with Crippen LogP contribution in [0.4, 0.5) is 5.69 Å². The monoisotopic (exact) mass is 243 g/mol. The van der Waals surface area contributed by atoms with Crippen LogP contribution in [0, 0.1) is 6.92 Å². The summed E-state index contributed by atoms with van der Waals surface area (Å²) in [5, 5.41) is 4.62. The highest BCUT2D eigenvalue weighted by molar-refractivity contribution is 5.48. The molecule has 0 spiro atoms. The van der Waals surface area contributed by atoms with Crippen LogP contribution < -0.4 is 5.73 Å². The summed E-state index contributed by atoms with van der Waals surface area (Å²) in [7, 11) is 0. The van der Waals surface area contributed by atoms with Crippen molar-refractivity contribution in [3.63, 3.8) is 0 Å². The third kappa shape index (κ3) is 2.40. The van der Waals surface area contributed by atoms with Gasteiger partial charge in [0.25, 0.3) is 0 Å². The van der Waals surface area contributed by atoms with Crippen molar-refractivity contribution in [2.24, 2.45) is 0 Å². The Morgan fingerprint density at radius 2 is 2.00 bits per heavy atom. The van der Waals surface area contributed by atoms with Crippen molar-refractivity contribution in [1.82, 2.24) is 9.78 Å². The molecule has 0 unspecified atom stereocenters. The molecule has 18 heavy (non-hydrogen) atoms. The first-order valence-electron chi connectivity index (χ1n) is 6.55. The molecule has 1 aromatic carbocycles. The second-order valence-electron chi connectivity index (χ2n) is 4.66. The molecule has 1 aromatic heterocycles. The third-order valence-corrected chi connectivity index (χ3v) is 3.26. The van der Waals surface area contributed by atoms with Crippen molar-refractivity contribution < 1.29 is 0 Å². The number of nitrogens with zero attached hydrogens (tertiary/aromatic N) is 2. The zero-order valence-corrected chi connectivity index (χ0v) is 11.4. The van der Waals surface area contributed by atoms with Crippen LogP contribution in [-0.4, -0.2) is 9.78 Å². The first kappa shape index (κ1) is 12.7. The van der Waals surface area contributed by atoms with Crippen molar-refractivity contribution in [2.45, 2.75) is 40.2 Å². The zero-order chi connectivity index (χ0) is 13.1. The van der Waals surface area contributed by atoms with Crippen LogP contribution in [0.5, 0.6) is 0 Å². The third-order valence-electron chi connectivity index (χ3n) is 3.26. The molecule has 1 heterocycles. The summed E-state index contributed by atoms with van der Waals surface area (Å²) in [5.74, 6) is 0. The van der Waals surface area contributed by atoms with E-state index in [2.05, 4.69) is 50.1 Å². The second kappa shape index (κ2) is 5.25. The summed E-state index contributed by atoms with van der Waals surface area (Å²) in [6.45, 7) is 7.13. The Labute approximate surface area is 109 Å². The van der Waals surface area contributed by atoms with Crippen LogP contribution in [0.2, 0.25) is 0 Å². The predicted octanol–water partition coefficient (Wildman–Crippen LogP) is 2.95. The molecule has 0 bridgehead atoms. The van der Waals surface area contributed by atoms with Crippen molar-refractivity contribution in [1.29, 1.82) is 0 Å². The molecule has 96 valence electrons. The molecule has 0 saturated carbocycles. The Morgan fingerprint density at radius 3 is 2.61 bits per heavy atom. The number of anilines is 1. The van der Waals surface area contributed by atoms with Crippen molar-refractivity contribution in [3.05, 3.63) is 46.8 Å². The Morgan fingerprint density at radius 1 is 1.22 bits per heavy atom.